The molecule has 0 aromatic heterocycles. The van der Waals surface area contributed by atoms with Crippen molar-refractivity contribution in [1.29, 1.82) is 0 Å². The monoisotopic (exact) mass is 261 g/mol. The maximum absolute atomic E-state index is 12.1. The van der Waals surface area contributed by atoms with Crippen LogP contribution in [0.1, 0.15) is 12.0 Å². The van der Waals surface area contributed by atoms with Crippen molar-refractivity contribution in [3.63, 3.8) is 0 Å². The van der Waals surface area contributed by atoms with Crippen LogP contribution in [0, 0.1) is 0 Å². The average molecular weight is 261 g/mol. The first-order chi connectivity index (χ1) is 8.33. The lowest BCUT2D eigenvalue weighted by atomic mass is 10.2. The summed E-state index contributed by atoms with van der Waals surface area (Å²) in [6.07, 6.45) is -5.03. The van der Waals surface area contributed by atoms with E-state index in [0.717, 1.165) is 0 Å². The molecule has 0 aliphatic heterocycles. The predicted molar refractivity (Wildman–Crippen MR) is 62.9 cm³/mol. The van der Waals surface area contributed by atoms with E-state index < -0.39 is 12.6 Å². The van der Waals surface area contributed by atoms with Crippen LogP contribution < -0.4 is 10.6 Å². The number of hydrogen-bond donors (Lipinski definition) is 2. The molecule has 3 N–H and O–H groups in total. The fourth-order valence-electron chi connectivity index (χ4n) is 1.37. The molecule has 100 valence electrons. The van der Waals surface area contributed by atoms with Crippen LogP contribution in [-0.2, 0) is 0 Å². The van der Waals surface area contributed by atoms with Crippen molar-refractivity contribution in [1.82, 2.24) is 0 Å². The Balaban J connectivity index is 2.67. The van der Waals surface area contributed by atoms with E-state index in [2.05, 4.69) is 5.16 Å². The molecule has 1 aromatic rings. The zero-order valence-corrected chi connectivity index (χ0v) is 9.78. The van der Waals surface area contributed by atoms with E-state index in [-0.39, 0.29) is 12.4 Å². The third kappa shape index (κ3) is 4.15. The highest BCUT2D eigenvalue weighted by molar-refractivity contribution is 5.97. The number of anilines is 1. The van der Waals surface area contributed by atoms with Crippen molar-refractivity contribution in [2.24, 2.45) is 10.9 Å². The number of benzene rings is 1. The predicted octanol–water partition coefficient (Wildman–Crippen LogP) is 2.17. The van der Waals surface area contributed by atoms with E-state index in [0.29, 0.717) is 11.3 Å². The number of rotatable bonds is 4. The normalized spacial score (nSPS) is 12.6. The molecule has 0 saturated carbocycles. The highest BCUT2D eigenvalue weighted by Gasteiger charge is 2.27. The van der Waals surface area contributed by atoms with Gasteiger partial charge in [0, 0.05) is 24.8 Å². The Morgan fingerprint density at radius 1 is 1.33 bits per heavy atom. The Bertz CT molecular complexity index is 415. The summed E-state index contributed by atoms with van der Waals surface area (Å²) < 4.78 is 36.2. The standard InChI is InChI=1S/C11H14F3N3O/c1-17(7-6-11(12,13)14)9-4-2-8(3-5-9)10(15)16-18/h2-5,18H,6-7H2,1H3,(H2,15,16). The smallest absolute Gasteiger partial charge is 0.390 e. The van der Waals surface area contributed by atoms with E-state index in [9.17, 15) is 13.2 Å². The summed E-state index contributed by atoms with van der Waals surface area (Å²) in [5.41, 5.74) is 6.51. The average Bonchev–Trinajstić information content (AvgIpc) is 2.34. The second kappa shape index (κ2) is 5.61. The second-order valence-corrected chi connectivity index (χ2v) is 3.82. The maximum Gasteiger partial charge on any atom is 0.390 e. The molecule has 0 saturated heterocycles. The molecular weight excluding hydrogens is 247 g/mol. The minimum Gasteiger partial charge on any atom is -0.409 e. The molecule has 7 heteroatoms. The van der Waals surface area contributed by atoms with Gasteiger partial charge < -0.3 is 15.8 Å². The highest BCUT2D eigenvalue weighted by Crippen LogP contribution is 2.21. The maximum atomic E-state index is 12.1. The summed E-state index contributed by atoms with van der Waals surface area (Å²) in [5, 5.41) is 11.3. The van der Waals surface area contributed by atoms with Crippen LogP contribution in [0.15, 0.2) is 29.4 Å². The van der Waals surface area contributed by atoms with Crippen LogP contribution in [0.3, 0.4) is 0 Å². The first-order valence-electron chi connectivity index (χ1n) is 5.19. The summed E-state index contributed by atoms with van der Waals surface area (Å²) in [6.45, 7) is -0.119. The largest absolute Gasteiger partial charge is 0.409 e. The van der Waals surface area contributed by atoms with Crippen LogP contribution >= 0.6 is 0 Å². The van der Waals surface area contributed by atoms with Crippen molar-refractivity contribution < 1.29 is 18.4 Å². The number of alkyl halides is 3. The molecule has 1 aromatic carbocycles. The molecule has 18 heavy (non-hydrogen) atoms. The number of oxime groups is 1. The number of halogens is 3. The first kappa shape index (κ1) is 14.1. The molecule has 0 spiro atoms. The Kier molecular flexibility index (Phi) is 4.41. The van der Waals surface area contributed by atoms with Gasteiger partial charge in [-0.05, 0) is 24.3 Å². The molecule has 0 fully saturated rings. The Morgan fingerprint density at radius 2 is 1.89 bits per heavy atom. The van der Waals surface area contributed by atoms with E-state index in [4.69, 9.17) is 10.9 Å². The molecule has 0 aliphatic carbocycles. The Morgan fingerprint density at radius 3 is 2.33 bits per heavy atom. The molecular formula is C11H14F3N3O. The minimum atomic E-state index is -4.16. The van der Waals surface area contributed by atoms with Gasteiger partial charge in [-0.15, -0.1) is 0 Å². The molecule has 0 aliphatic rings. The van der Waals surface area contributed by atoms with Crippen LogP contribution in [0.5, 0.6) is 0 Å². The molecule has 0 heterocycles. The molecule has 0 atom stereocenters. The van der Waals surface area contributed by atoms with Crippen molar-refractivity contribution >= 4 is 11.5 Å². The summed E-state index contributed by atoms with van der Waals surface area (Å²) >= 11 is 0. The molecule has 4 nitrogen and oxygen atoms in total. The van der Waals surface area contributed by atoms with Gasteiger partial charge in [-0.3, -0.25) is 0 Å². The number of amidine groups is 1. The molecule has 0 unspecified atom stereocenters. The fourth-order valence-corrected chi connectivity index (χ4v) is 1.37. The Labute approximate surface area is 102 Å². The molecule has 0 radical (unpaired) electrons. The van der Waals surface area contributed by atoms with Gasteiger partial charge in [0.1, 0.15) is 0 Å². The van der Waals surface area contributed by atoms with Gasteiger partial charge in [-0.1, -0.05) is 5.16 Å². The lowest BCUT2D eigenvalue weighted by Crippen LogP contribution is -2.24. The third-order valence-electron chi connectivity index (χ3n) is 2.44. The van der Waals surface area contributed by atoms with Gasteiger partial charge in [0.15, 0.2) is 5.84 Å². The first-order valence-corrected chi connectivity index (χ1v) is 5.19. The van der Waals surface area contributed by atoms with Crippen LogP contribution in [0.4, 0.5) is 18.9 Å². The summed E-state index contributed by atoms with van der Waals surface area (Å²) in [7, 11) is 1.57. The number of nitrogens with zero attached hydrogens (tertiary/aromatic N) is 2. The minimum absolute atomic E-state index is 0.0421. The van der Waals surface area contributed by atoms with E-state index in [1.165, 1.54) is 4.90 Å². The van der Waals surface area contributed by atoms with Crippen molar-refractivity contribution in [3.05, 3.63) is 29.8 Å². The third-order valence-corrected chi connectivity index (χ3v) is 2.44. The quantitative estimate of drug-likeness (QED) is 0.378. The summed E-state index contributed by atoms with van der Waals surface area (Å²) in [5.74, 6) is -0.0421. The summed E-state index contributed by atoms with van der Waals surface area (Å²) in [6, 6.07) is 6.39. The lowest BCUT2D eigenvalue weighted by Gasteiger charge is -2.20. The van der Waals surface area contributed by atoms with Crippen molar-refractivity contribution in [2.75, 3.05) is 18.5 Å². The van der Waals surface area contributed by atoms with E-state index >= 15 is 0 Å². The number of hydrogen-bond acceptors (Lipinski definition) is 3. The SMILES string of the molecule is CN(CCC(F)(F)F)c1ccc(C(N)=NO)cc1. The highest BCUT2D eigenvalue weighted by atomic mass is 19.4. The molecule has 0 bridgehead atoms. The van der Waals surface area contributed by atoms with Crippen molar-refractivity contribution in [2.45, 2.75) is 12.6 Å². The van der Waals surface area contributed by atoms with Gasteiger partial charge in [0.25, 0.3) is 0 Å². The van der Waals surface area contributed by atoms with Crippen molar-refractivity contribution in [3.8, 4) is 0 Å². The fraction of sp³-hybridized carbons (Fsp3) is 0.364. The zero-order valence-electron chi connectivity index (χ0n) is 9.78. The number of nitrogens with two attached hydrogens (primary N) is 1. The van der Waals surface area contributed by atoms with Crippen LogP contribution in [-0.4, -0.2) is 30.8 Å². The van der Waals surface area contributed by atoms with Gasteiger partial charge in [-0.2, -0.15) is 13.2 Å². The van der Waals surface area contributed by atoms with Crippen LogP contribution in [0.2, 0.25) is 0 Å². The van der Waals surface area contributed by atoms with Gasteiger partial charge in [0.05, 0.1) is 6.42 Å². The zero-order chi connectivity index (χ0) is 13.8. The lowest BCUT2D eigenvalue weighted by molar-refractivity contribution is -0.132. The van der Waals surface area contributed by atoms with Gasteiger partial charge >= 0.3 is 6.18 Å². The van der Waals surface area contributed by atoms with E-state index in [1.807, 2.05) is 0 Å². The molecule has 1 rings (SSSR count). The van der Waals surface area contributed by atoms with Gasteiger partial charge in [0.2, 0.25) is 0 Å². The van der Waals surface area contributed by atoms with E-state index in [1.54, 1.807) is 31.3 Å². The molecule has 0 amide bonds. The second-order valence-electron chi connectivity index (χ2n) is 3.82. The Hall–Kier alpha value is -1.92. The van der Waals surface area contributed by atoms with Gasteiger partial charge in [-0.25, -0.2) is 0 Å². The van der Waals surface area contributed by atoms with Crippen LogP contribution in [0.25, 0.3) is 0 Å². The summed E-state index contributed by atoms with van der Waals surface area (Å²) in [4.78, 5) is 1.49. The topological polar surface area (TPSA) is 61.8 Å².